The van der Waals surface area contributed by atoms with Crippen molar-refractivity contribution in [1.29, 1.82) is 0 Å². The molecule has 2 rings (SSSR count). The van der Waals surface area contributed by atoms with Crippen LogP contribution >= 0.6 is 11.8 Å². The van der Waals surface area contributed by atoms with Gasteiger partial charge >= 0.3 is 0 Å². The Morgan fingerprint density at radius 1 is 1.28 bits per heavy atom. The Morgan fingerprint density at radius 3 is 2.61 bits per heavy atom. The molecule has 0 aliphatic carbocycles. The first-order valence-electron chi connectivity index (χ1n) is 5.92. The molecule has 0 radical (unpaired) electrons. The largest absolute Gasteiger partial charge is 0.287 e. The monoisotopic (exact) mass is 261 g/mol. The van der Waals surface area contributed by atoms with Crippen molar-refractivity contribution in [3.8, 4) is 0 Å². The van der Waals surface area contributed by atoms with Crippen LogP contribution in [0.5, 0.6) is 0 Å². The zero-order valence-corrected chi connectivity index (χ0v) is 11.3. The molecule has 0 atom stereocenters. The molecular formula is C13H15N3OS. The van der Waals surface area contributed by atoms with Crippen LogP contribution in [-0.2, 0) is 6.54 Å². The molecule has 0 unspecified atom stereocenters. The van der Waals surface area contributed by atoms with Crippen LogP contribution in [0, 0.1) is 0 Å². The molecule has 94 valence electrons. The quantitative estimate of drug-likeness (QED) is 0.613. The van der Waals surface area contributed by atoms with Crippen molar-refractivity contribution < 1.29 is 4.79 Å². The highest BCUT2D eigenvalue weighted by Crippen LogP contribution is 2.19. The fourth-order valence-electron chi connectivity index (χ4n) is 1.68. The maximum Gasteiger partial charge on any atom is 0.212 e. The lowest BCUT2D eigenvalue weighted by molar-refractivity contribution is 0.102. The van der Waals surface area contributed by atoms with Crippen LogP contribution < -0.4 is 0 Å². The van der Waals surface area contributed by atoms with Gasteiger partial charge in [-0.15, -0.1) is 16.9 Å². The van der Waals surface area contributed by atoms with Crippen LogP contribution in [-0.4, -0.2) is 26.5 Å². The molecule has 5 heteroatoms. The summed E-state index contributed by atoms with van der Waals surface area (Å²) >= 11 is 1.76. The molecule has 0 spiro atoms. The second kappa shape index (κ2) is 5.82. The van der Waals surface area contributed by atoms with Gasteiger partial charge in [-0.25, -0.2) is 4.68 Å². The van der Waals surface area contributed by atoms with E-state index in [0.29, 0.717) is 17.8 Å². The lowest BCUT2D eigenvalue weighted by Crippen LogP contribution is -2.10. The normalized spacial score (nSPS) is 10.6. The summed E-state index contributed by atoms with van der Waals surface area (Å²) in [4.78, 5) is 13.4. The summed E-state index contributed by atoms with van der Waals surface area (Å²) in [7, 11) is 0. The summed E-state index contributed by atoms with van der Waals surface area (Å²) in [5.74, 6) is 0.995. The molecule has 1 aromatic heterocycles. The third kappa shape index (κ3) is 2.61. The number of aryl methyl sites for hydroxylation is 1. The molecule has 2 aromatic rings. The van der Waals surface area contributed by atoms with Gasteiger partial charge in [0.2, 0.25) is 5.78 Å². The van der Waals surface area contributed by atoms with E-state index in [4.69, 9.17) is 0 Å². The van der Waals surface area contributed by atoms with Crippen LogP contribution in [0.2, 0.25) is 0 Å². The zero-order chi connectivity index (χ0) is 13.0. The van der Waals surface area contributed by atoms with E-state index in [1.165, 1.54) is 11.1 Å². The van der Waals surface area contributed by atoms with E-state index in [2.05, 4.69) is 17.2 Å². The summed E-state index contributed by atoms with van der Waals surface area (Å²) in [6.07, 6.45) is 1.51. The van der Waals surface area contributed by atoms with E-state index < -0.39 is 0 Å². The summed E-state index contributed by atoms with van der Waals surface area (Å²) < 4.78 is 1.61. The highest BCUT2D eigenvalue weighted by molar-refractivity contribution is 7.99. The smallest absolute Gasteiger partial charge is 0.212 e. The number of thioether (sulfide) groups is 1. The van der Waals surface area contributed by atoms with Crippen molar-refractivity contribution in [2.24, 2.45) is 0 Å². The number of aromatic nitrogens is 3. The topological polar surface area (TPSA) is 47.8 Å². The number of hydrogen-bond acceptors (Lipinski definition) is 4. The Hall–Kier alpha value is -1.62. The van der Waals surface area contributed by atoms with Gasteiger partial charge in [0.15, 0.2) is 0 Å². The Labute approximate surface area is 110 Å². The van der Waals surface area contributed by atoms with Crippen LogP contribution in [0.15, 0.2) is 35.4 Å². The van der Waals surface area contributed by atoms with Crippen molar-refractivity contribution in [1.82, 2.24) is 15.0 Å². The molecule has 18 heavy (non-hydrogen) atoms. The average molecular weight is 261 g/mol. The van der Waals surface area contributed by atoms with Gasteiger partial charge in [-0.3, -0.25) is 4.79 Å². The van der Waals surface area contributed by atoms with E-state index in [1.807, 2.05) is 31.2 Å². The van der Waals surface area contributed by atoms with Gasteiger partial charge in [-0.05, 0) is 36.9 Å². The zero-order valence-electron chi connectivity index (χ0n) is 10.5. The van der Waals surface area contributed by atoms with Crippen molar-refractivity contribution in [3.05, 3.63) is 41.7 Å². The number of nitrogens with zero attached hydrogens (tertiary/aromatic N) is 3. The van der Waals surface area contributed by atoms with E-state index >= 15 is 0 Å². The number of carbonyl (C=O) groups is 1. The van der Waals surface area contributed by atoms with Crippen molar-refractivity contribution >= 4 is 17.5 Å². The molecule has 0 aliphatic rings. The Balaban J connectivity index is 2.23. The van der Waals surface area contributed by atoms with E-state index in [9.17, 15) is 4.79 Å². The lowest BCUT2D eigenvalue weighted by Gasteiger charge is -2.03. The minimum atomic E-state index is -0.0325. The van der Waals surface area contributed by atoms with Crippen molar-refractivity contribution in [2.75, 3.05) is 5.75 Å². The average Bonchev–Trinajstić information content (AvgIpc) is 2.87. The SMILES string of the molecule is CCSc1ccc(C(=O)c2cnnn2CC)cc1. The van der Waals surface area contributed by atoms with Crippen molar-refractivity contribution in [2.45, 2.75) is 25.3 Å². The van der Waals surface area contributed by atoms with E-state index in [-0.39, 0.29) is 5.78 Å². The molecule has 1 aromatic carbocycles. The molecule has 4 nitrogen and oxygen atoms in total. The minimum Gasteiger partial charge on any atom is -0.287 e. The van der Waals surface area contributed by atoms with Crippen LogP contribution in [0.1, 0.15) is 29.9 Å². The van der Waals surface area contributed by atoms with E-state index in [0.717, 1.165) is 5.75 Å². The number of hydrogen-bond donors (Lipinski definition) is 0. The van der Waals surface area contributed by atoms with Crippen molar-refractivity contribution in [3.63, 3.8) is 0 Å². The fraction of sp³-hybridized carbons (Fsp3) is 0.308. The molecule has 0 fully saturated rings. The molecule has 0 saturated carbocycles. The molecule has 0 saturated heterocycles. The lowest BCUT2D eigenvalue weighted by atomic mass is 10.1. The summed E-state index contributed by atoms with van der Waals surface area (Å²) in [5, 5.41) is 7.64. The third-order valence-corrected chi connectivity index (χ3v) is 3.47. The molecule has 0 aliphatic heterocycles. The number of benzene rings is 1. The Bertz CT molecular complexity index is 533. The van der Waals surface area contributed by atoms with Gasteiger partial charge in [0.25, 0.3) is 0 Å². The summed E-state index contributed by atoms with van der Waals surface area (Å²) in [6, 6.07) is 7.66. The highest BCUT2D eigenvalue weighted by Gasteiger charge is 2.14. The van der Waals surface area contributed by atoms with E-state index in [1.54, 1.807) is 16.4 Å². The minimum absolute atomic E-state index is 0.0325. The first kappa shape index (κ1) is 12.8. The second-order valence-electron chi connectivity index (χ2n) is 3.72. The van der Waals surface area contributed by atoms with Gasteiger partial charge < -0.3 is 0 Å². The van der Waals surface area contributed by atoms with Gasteiger partial charge in [0, 0.05) is 17.0 Å². The summed E-state index contributed by atoms with van der Waals surface area (Å²) in [6.45, 7) is 4.69. The molecule has 0 amide bonds. The van der Waals surface area contributed by atoms with Crippen LogP contribution in [0.4, 0.5) is 0 Å². The maximum absolute atomic E-state index is 12.2. The standard InChI is InChI=1S/C13H15N3OS/c1-3-16-12(9-14-15-16)13(17)10-5-7-11(8-6-10)18-4-2/h5-9H,3-4H2,1-2H3. The maximum atomic E-state index is 12.2. The Morgan fingerprint density at radius 2 is 2.00 bits per heavy atom. The molecule has 1 heterocycles. The second-order valence-corrected chi connectivity index (χ2v) is 5.06. The fourth-order valence-corrected chi connectivity index (χ4v) is 2.35. The third-order valence-electron chi connectivity index (χ3n) is 2.58. The first-order chi connectivity index (χ1) is 8.76. The number of carbonyl (C=O) groups excluding carboxylic acids is 1. The molecule has 0 N–H and O–H groups in total. The van der Waals surface area contributed by atoms with Crippen LogP contribution in [0.3, 0.4) is 0 Å². The summed E-state index contributed by atoms with van der Waals surface area (Å²) in [5.41, 5.74) is 1.21. The number of ketones is 1. The Kier molecular flexibility index (Phi) is 4.15. The first-order valence-corrected chi connectivity index (χ1v) is 6.90. The van der Waals surface area contributed by atoms with Gasteiger partial charge in [0.1, 0.15) is 5.69 Å². The van der Waals surface area contributed by atoms with Gasteiger partial charge in [0.05, 0.1) is 6.20 Å². The van der Waals surface area contributed by atoms with Gasteiger partial charge in [-0.1, -0.05) is 12.1 Å². The molecule has 0 bridgehead atoms. The predicted octanol–water partition coefficient (Wildman–Crippen LogP) is 2.64. The highest BCUT2D eigenvalue weighted by atomic mass is 32.2. The molecular weight excluding hydrogens is 246 g/mol. The number of rotatable bonds is 5. The predicted molar refractivity (Wildman–Crippen MR) is 72.0 cm³/mol. The van der Waals surface area contributed by atoms with Gasteiger partial charge in [-0.2, -0.15) is 0 Å². The van der Waals surface area contributed by atoms with Crippen LogP contribution in [0.25, 0.3) is 0 Å².